The Labute approximate surface area is 128 Å². The van der Waals surface area contributed by atoms with Crippen LogP contribution in [-0.2, 0) is 6.54 Å². The minimum atomic E-state index is -0.283. The predicted molar refractivity (Wildman–Crippen MR) is 79.8 cm³/mol. The molecule has 0 amide bonds. The summed E-state index contributed by atoms with van der Waals surface area (Å²) in [5.41, 5.74) is 0.838. The van der Waals surface area contributed by atoms with E-state index in [1.54, 1.807) is 0 Å². The van der Waals surface area contributed by atoms with Crippen molar-refractivity contribution in [1.29, 1.82) is 0 Å². The lowest BCUT2D eigenvalue weighted by molar-refractivity contribution is 0.0220. The Hall–Kier alpha value is -1.43. The van der Waals surface area contributed by atoms with Crippen LogP contribution in [0.3, 0.4) is 0 Å². The van der Waals surface area contributed by atoms with Gasteiger partial charge in [-0.3, -0.25) is 4.90 Å². The summed E-state index contributed by atoms with van der Waals surface area (Å²) in [6.07, 6.45) is 0.699. The summed E-state index contributed by atoms with van der Waals surface area (Å²) in [7, 11) is 0. The van der Waals surface area contributed by atoms with Crippen molar-refractivity contribution in [1.82, 2.24) is 15.0 Å². The Kier molecular flexibility index (Phi) is 4.24. The van der Waals surface area contributed by atoms with Gasteiger partial charge in [0.05, 0.1) is 12.6 Å². The Morgan fingerprint density at radius 3 is 3.10 bits per heavy atom. The van der Waals surface area contributed by atoms with Crippen LogP contribution in [0.1, 0.15) is 19.2 Å². The first-order valence-corrected chi connectivity index (χ1v) is 7.48. The van der Waals surface area contributed by atoms with Crippen molar-refractivity contribution < 1.29 is 9.63 Å². The van der Waals surface area contributed by atoms with Gasteiger partial charge in [-0.1, -0.05) is 35.8 Å². The number of halogens is 1. The van der Waals surface area contributed by atoms with E-state index in [2.05, 4.69) is 22.0 Å². The maximum Gasteiger partial charge on any atom is 0.241 e. The van der Waals surface area contributed by atoms with E-state index in [0.717, 1.165) is 18.5 Å². The quantitative estimate of drug-likeness (QED) is 0.944. The van der Waals surface area contributed by atoms with Crippen LogP contribution >= 0.6 is 11.6 Å². The number of β-amino-alcohol motifs (C(OH)–C–C–N with tert-alkyl or cyclic N) is 1. The van der Waals surface area contributed by atoms with E-state index in [9.17, 15) is 5.11 Å². The molecule has 1 N–H and O–H groups in total. The summed E-state index contributed by atoms with van der Waals surface area (Å²) in [5, 5.41) is 14.6. The van der Waals surface area contributed by atoms with Crippen LogP contribution in [0.5, 0.6) is 0 Å². The van der Waals surface area contributed by atoms with Crippen LogP contribution < -0.4 is 0 Å². The highest BCUT2D eigenvalue weighted by atomic mass is 35.5. The summed E-state index contributed by atoms with van der Waals surface area (Å²) in [5.74, 6) is 1.45. The highest BCUT2D eigenvalue weighted by Crippen LogP contribution is 2.22. The van der Waals surface area contributed by atoms with Gasteiger partial charge in [-0.05, 0) is 31.0 Å². The van der Waals surface area contributed by atoms with E-state index in [1.807, 2.05) is 24.3 Å². The fourth-order valence-corrected chi connectivity index (χ4v) is 2.70. The fourth-order valence-electron chi connectivity index (χ4n) is 2.51. The maximum absolute atomic E-state index is 9.92. The molecule has 0 radical (unpaired) electrons. The molecular weight excluding hydrogens is 290 g/mol. The Bertz CT molecular complexity index is 616. The normalized spacial score (nSPS) is 23.4. The molecule has 0 bridgehead atoms. The number of aliphatic hydroxyl groups is 1. The third-order valence-electron chi connectivity index (χ3n) is 3.91. The Morgan fingerprint density at radius 2 is 2.33 bits per heavy atom. The van der Waals surface area contributed by atoms with E-state index in [1.165, 1.54) is 0 Å². The summed E-state index contributed by atoms with van der Waals surface area (Å²) in [6, 6.07) is 7.37. The van der Waals surface area contributed by atoms with E-state index in [0.29, 0.717) is 35.7 Å². The first-order chi connectivity index (χ1) is 10.1. The molecule has 2 heterocycles. The molecule has 1 aromatic carbocycles. The lowest BCUT2D eigenvalue weighted by Gasteiger charge is -2.33. The van der Waals surface area contributed by atoms with Crippen molar-refractivity contribution in [3.63, 3.8) is 0 Å². The zero-order valence-electron chi connectivity index (χ0n) is 11.9. The summed E-state index contributed by atoms with van der Waals surface area (Å²) in [4.78, 5) is 6.54. The van der Waals surface area contributed by atoms with Gasteiger partial charge in [0, 0.05) is 17.1 Å². The molecule has 112 valence electrons. The van der Waals surface area contributed by atoms with E-state index in [4.69, 9.17) is 16.1 Å². The molecule has 1 aliphatic rings. The van der Waals surface area contributed by atoms with Gasteiger partial charge in [-0.15, -0.1) is 0 Å². The molecule has 0 saturated carbocycles. The topological polar surface area (TPSA) is 62.4 Å². The molecule has 0 spiro atoms. The van der Waals surface area contributed by atoms with Crippen molar-refractivity contribution >= 4 is 11.6 Å². The third-order valence-corrected chi connectivity index (χ3v) is 4.15. The van der Waals surface area contributed by atoms with Crippen LogP contribution in [0.2, 0.25) is 5.02 Å². The molecule has 2 unspecified atom stereocenters. The van der Waals surface area contributed by atoms with E-state index >= 15 is 0 Å². The van der Waals surface area contributed by atoms with E-state index < -0.39 is 0 Å². The van der Waals surface area contributed by atoms with Crippen molar-refractivity contribution in [3.05, 3.63) is 35.2 Å². The van der Waals surface area contributed by atoms with Crippen molar-refractivity contribution in [3.8, 4) is 11.4 Å². The average molecular weight is 308 g/mol. The largest absolute Gasteiger partial charge is 0.392 e. The Balaban J connectivity index is 1.68. The van der Waals surface area contributed by atoms with Gasteiger partial charge in [-0.2, -0.15) is 4.98 Å². The molecular formula is C15H18ClN3O2. The SMILES string of the molecule is CC1CCN(Cc2nc(-c3cccc(Cl)c3)no2)CC1O. The number of nitrogens with zero attached hydrogens (tertiary/aromatic N) is 3. The molecule has 21 heavy (non-hydrogen) atoms. The van der Waals surface area contributed by atoms with Crippen LogP contribution in [0.25, 0.3) is 11.4 Å². The highest BCUT2D eigenvalue weighted by Gasteiger charge is 2.25. The second-order valence-corrected chi connectivity index (χ2v) is 6.03. The first-order valence-electron chi connectivity index (χ1n) is 7.11. The van der Waals surface area contributed by atoms with Crippen LogP contribution in [0.15, 0.2) is 28.8 Å². The maximum atomic E-state index is 9.92. The summed E-state index contributed by atoms with van der Waals surface area (Å²) in [6.45, 7) is 4.23. The number of likely N-dealkylation sites (tertiary alicyclic amines) is 1. The molecule has 2 atom stereocenters. The van der Waals surface area contributed by atoms with Gasteiger partial charge in [-0.25, -0.2) is 0 Å². The average Bonchev–Trinajstić information content (AvgIpc) is 2.91. The van der Waals surface area contributed by atoms with Gasteiger partial charge < -0.3 is 9.63 Å². The molecule has 0 aliphatic carbocycles. The minimum Gasteiger partial charge on any atom is -0.392 e. The van der Waals surface area contributed by atoms with Gasteiger partial charge >= 0.3 is 0 Å². The van der Waals surface area contributed by atoms with Gasteiger partial charge in [0.25, 0.3) is 0 Å². The molecule has 1 aliphatic heterocycles. The van der Waals surface area contributed by atoms with Crippen LogP contribution in [-0.4, -0.2) is 39.3 Å². The highest BCUT2D eigenvalue weighted by molar-refractivity contribution is 6.30. The van der Waals surface area contributed by atoms with Crippen LogP contribution in [0, 0.1) is 5.92 Å². The monoisotopic (exact) mass is 307 g/mol. The third kappa shape index (κ3) is 3.43. The molecule has 1 aromatic heterocycles. The second kappa shape index (κ2) is 6.13. The Morgan fingerprint density at radius 1 is 1.48 bits per heavy atom. The standard InChI is InChI=1S/C15H18ClN3O2/c1-10-5-6-19(8-13(10)20)9-14-17-15(18-21-14)11-3-2-4-12(16)7-11/h2-4,7,10,13,20H,5-6,8-9H2,1H3. The molecule has 6 heteroatoms. The minimum absolute atomic E-state index is 0.283. The molecule has 3 rings (SSSR count). The van der Waals surface area contributed by atoms with Gasteiger partial charge in [0.1, 0.15) is 0 Å². The zero-order chi connectivity index (χ0) is 14.8. The number of hydrogen-bond acceptors (Lipinski definition) is 5. The number of hydrogen-bond donors (Lipinski definition) is 1. The lowest BCUT2D eigenvalue weighted by Crippen LogP contribution is -2.42. The van der Waals surface area contributed by atoms with Crippen molar-refractivity contribution in [2.24, 2.45) is 5.92 Å². The predicted octanol–water partition coefficient (Wildman–Crippen LogP) is 2.59. The lowest BCUT2D eigenvalue weighted by atomic mass is 9.96. The number of piperidine rings is 1. The fraction of sp³-hybridized carbons (Fsp3) is 0.467. The van der Waals surface area contributed by atoms with Crippen molar-refractivity contribution in [2.75, 3.05) is 13.1 Å². The summed E-state index contributed by atoms with van der Waals surface area (Å²) >= 11 is 5.96. The number of benzene rings is 1. The number of aromatic nitrogens is 2. The molecule has 2 aromatic rings. The van der Waals surface area contributed by atoms with Gasteiger partial charge in [0.2, 0.25) is 11.7 Å². The van der Waals surface area contributed by atoms with Gasteiger partial charge in [0.15, 0.2) is 0 Å². The van der Waals surface area contributed by atoms with E-state index in [-0.39, 0.29) is 6.10 Å². The number of aliphatic hydroxyl groups excluding tert-OH is 1. The molecule has 1 saturated heterocycles. The second-order valence-electron chi connectivity index (χ2n) is 5.59. The smallest absolute Gasteiger partial charge is 0.241 e. The zero-order valence-corrected chi connectivity index (χ0v) is 12.6. The van der Waals surface area contributed by atoms with Crippen molar-refractivity contribution in [2.45, 2.75) is 26.0 Å². The number of rotatable bonds is 3. The first kappa shape index (κ1) is 14.5. The summed E-state index contributed by atoms with van der Waals surface area (Å²) < 4.78 is 5.30. The molecule has 5 nitrogen and oxygen atoms in total. The van der Waals surface area contributed by atoms with Crippen LogP contribution in [0.4, 0.5) is 0 Å². The molecule has 1 fully saturated rings.